The second-order valence-corrected chi connectivity index (χ2v) is 0. The van der Waals surface area contributed by atoms with Crippen LogP contribution < -0.4 is 71.7 Å². The molecular weight excluding hydrogens is 263 g/mol. The maximum atomic E-state index is 6.25. The SMILES string of the molecule is [Br-].[Br-].[C-]#N.[Cu+].[Li+].[Li+]. The Hall–Kier alpha value is 2.16. The molecule has 0 aliphatic rings. The fourth-order valence-corrected chi connectivity index (χ4v) is 0. The molecule has 0 spiro atoms. The normalized spacial score (nSPS) is 0.286. The van der Waals surface area contributed by atoms with E-state index in [9.17, 15) is 0 Å². The van der Waals surface area contributed by atoms with Gasteiger partial charge in [0.15, 0.2) is 0 Å². The molecule has 0 aromatic carbocycles. The first-order chi connectivity index (χ1) is 1.00. The van der Waals surface area contributed by atoms with Crippen molar-refractivity contribution >= 4 is 0 Å². The summed E-state index contributed by atoms with van der Waals surface area (Å²) in [4.78, 5) is 0. The van der Waals surface area contributed by atoms with Crippen LogP contribution in [-0.4, -0.2) is 0 Å². The minimum Gasteiger partial charge on any atom is -1.00 e. The molecule has 0 aromatic rings. The molecule has 0 N–H and O–H groups in total. The number of nitrogens with zero attached hydrogens (tertiary/aromatic N) is 1. The molecule has 0 amide bonds. The Labute approximate surface area is 99.3 Å². The fraction of sp³-hybridized carbons (Fsp3) is 0. The molecule has 0 rings (SSSR count). The van der Waals surface area contributed by atoms with Crippen molar-refractivity contribution in [2.45, 2.75) is 0 Å². The molecule has 36 valence electrons. The minimum atomic E-state index is 0. The van der Waals surface area contributed by atoms with Crippen LogP contribution in [0.3, 0.4) is 0 Å². The van der Waals surface area contributed by atoms with Crippen molar-refractivity contribution in [1.82, 2.24) is 0 Å². The predicted octanol–water partition coefficient (Wildman–Crippen LogP) is -11.9. The van der Waals surface area contributed by atoms with Crippen molar-refractivity contribution in [2.24, 2.45) is 0 Å². The number of rotatable bonds is 0. The van der Waals surface area contributed by atoms with Crippen molar-refractivity contribution in [3.8, 4) is 0 Å². The minimum absolute atomic E-state index is 0. The van der Waals surface area contributed by atoms with Crippen LogP contribution in [0, 0.1) is 11.8 Å². The summed E-state index contributed by atoms with van der Waals surface area (Å²) in [6, 6.07) is 0. The van der Waals surface area contributed by atoms with Crippen LogP contribution in [0.1, 0.15) is 0 Å². The molecule has 0 saturated heterocycles. The van der Waals surface area contributed by atoms with Crippen LogP contribution >= 0.6 is 0 Å². The average Bonchev–Trinajstić information content (AvgIpc) is 1.00. The first-order valence-electron chi connectivity index (χ1n) is 0.224. The summed E-state index contributed by atoms with van der Waals surface area (Å²) in [6.07, 6.45) is 0. The van der Waals surface area contributed by atoms with Crippen molar-refractivity contribution in [1.29, 1.82) is 5.26 Å². The third-order valence-corrected chi connectivity index (χ3v) is 0. The quantitative estimate of drug-likeness (QED) is 0.314. The summed E-state index contributed by atoms with van der Waals surface area (Å²) in [5.74, 6) is 0. The molecule has 0 aliphatic heterocycles. The van der Waals surface area contributed by atoms with Crippen molar-refractivity contribution < 1.29 is 88.8 Å². The van der Waals surface area contributed by atoms with Gasteiger partial charge in [-0.15, -0.1) is 0 Å². The fourth-order valence-electron chi connectivity index (χ4n) is 0. The van der Waals surface area contributed by atoms with Crippen LogP contribution in [0.2, 0.25) is 0 Å². The van der Waals surface area contributed by atoms with E-state index in [1.54, 1.807) is 0 Å². The Bertz CT molecular complexity index is 20.4. The predicted molar refractivity (Wildman–Crippen MR) is 4.97 cm³/mol. The summed E-state index contributed by atoms with van der Waals surface area (Å²) in [7, 11) is 0. The summed E-state index contributed by atoms with van der Waals surface area (Å²) in [6.45, 7) is 4.75. The van der Waals surface area contributed by atoms with E-state index in [0.717, 1.165) is 0 Å². The number of hydrogen-bond donors (Lipinski definition) is 0. The van der Waals surface area contributed by atoms with Gasteiger partial charge in [0.1, 0.15) is 0 Å². The Balaban J connectivity index is -0.000000000500. The molecule has 0 unspecified atom stereocenters. The Morgan fingerprint density at radius 1 is 0.857 bits per heavy atom. The number of halogens is 2. The molecular formula is CBr2CuLi2N. The van der Waals surface area contributed by atoms with Crippen LogP contribution in [0.25, 0.3) is 0 Å². The molecule has 0 saturated carbocycles. The van der Waals surface area contributed by atoms with E-state index < -0.39 is 0 Å². The van der Waals surface area contributed by atoms with Gasteiger partial charge >= 0.3 is 54.8 Å². The molecule has 0 fully saturated rings. The van der Waals surface area contributed by atoms with Crippen LogP contribution in [0.5, 0.6) is 0 Å². The summed E-state index contributed by atoms with van der Waals surface area (Å²) >= 11 is 0. The van der Waals surface area contributed by atoms with Gasteiger partial charge in [0.05, 0.1) is 0 Å². The van der Waals surface area contributed by atoms with Crippen molar-refractivity contribution in [3.05, 3.63) is 6.57 Å². The van der Waals surface area contributed by atoms with E-state index in [2.05, 4.69) is 0 Å². The van der Waals surface area contributed by atoms with Crippen LogP contribution in [0.15, 0.2) is 0 Å². The first-order valence-corrected chi connectivity index (χ1v) is 0.224. The Kier molecular flexibility index (Phi) is 780. The average molecular weight is 263 g/mol. The zero-order chi connectivity index (χ0) is 2.00. The Morgan fingerprint density at radius 3 is 0.857 bits per heavy atom. The topological polar surface area (TPSA) is 23.8 Å². The van der Waals surface area contributed by atoms with E-state index in [0.29, 0.717) is 0 Å². The molecule has 6 heteroatoms. The molecule has 0 heterocycles. The summed E-state index contributed by atoms with van der Waals surface area (Å²) in [5, 5.41) is 6.25. The second kappa shape index (κ2) is 89.5. The van der Waals surface area contributed by atoms with Gasteiger partial charge in [0.25, 0.3) is 0 Å². The molecule has 7 heavy (non-hydrogen) atoms. The van der Waals surface area contributed by atoms with Gasteiger partial charge in [-0.25, -0.2) is 0 Å². The zero-order valence-corrected chi connectivity index (χ0v) is 8.12. The van der Waals surface area contributed by atoms with E-state index >= 15 is 0 Å². The van der Waals surface area contributed by atoms with Gasteiger partial charge in [-0.1, -0.05) is 0 Å². The molecule has 1 nitrogen and oxygen atoms in total. The zero-order valence-electron chi connectivity index (χ0n) is 4.00. The Morgan fingerprint density at radius 2 is 0.857 bits per heavy atom. The standard InChI is InChI=1S/CN.2BrH.Cu.2Li/c1-2;;;;;/h;2*1H;;;/q-1;;;3*+1/p-2. The molecule has 0 aliphatic carbocycles. The molecule has 0 radical (unpaired) electrons. The largest absolute Gasteiger partial charge is 1.00 e. The van der Waals surface area contributed by atoms with Gasteiger partial charge in [-0.3, -0.25) is 0 Å². The van der Waals surface area contributed by atoms with E-state index in [1.165, 1.54) is 0 Å². The van der Waals surface area contributed by atoms with Gasteiger partial charge in [-0.2, -0.15) is 0 Å². The van der Waals surface area contributed by atoms with Gasteiger partial charge in [0, 0.05) is 0 Å². The van der Waals surface area contributed by atoms with E-state index in [4.69, 9.17) is 11.8 Å². The van der Waals surface area contributed by atoms with Gasteiger partial charge in [0.2, 0.25) is 0 Å². The molecule has 0 aromatic heterocycles. The van der Waals surface area contributed by atoms with E-state index in [1.807, 2.05) is 0 Å². The molecule has 0 bridgehead atoms. The third-order valence-electron chi connectivity index (χ3n) is 0. The van der Waals surface area contributed by atoms with Crippen molar-refractivity contribution in [2.75, 3.05) is 0 Å². The van der Waals surface area contributed by atoms with Crippen molar-refractivity contribution in [3.63, 3.8) is 0 Å². The van der Waals surface area contributed by atoms with Gasteiger partial charge < -0.3 is 45.8 Å². The maximum Gasteiger partial charge on any atom is 1.00 e. The van der Waals surface area contributed by atoms with Gasteiger partial charge in [-0.05, 0) is 0 Å². The summed E-state index contributed by atoms with van der Waals surface area (Å²) in [5.41, 5.74) is 0. The smallest absolute Gasteiger partial charge is 1.00 e. The number of hydrogen-bond acceptors (Lipinski definition) is 1. The third kappa shape index (κ3) is 66.2. The first kappa shape index (κ1) is 61.0. The second-order valence-electron chi connectivity index (χ2n) is 0. The van der Waals surface area contributed by atoms with Crippen LogP contribution in [-0.2, 0) is 17.1 Å². The van der Waals surface area contributed by atoms with E-state index in [-0.39, 0.29) is 88.8 Å². The monoisotopic (exact) mass is 261 g/mol. The summed E-state index contributed by atoms with van der Waals surface area (Å²) < 4.78 is 0. The maximum absolute atomic E-state index is 6.25. The van der Waals surface area contributed by atoms with Crippen LogP contribution in [0.4, 0.5) is 0 Å². The molecule has 0 atom stereocenters.